The van der Waals surface area contributed by atoms with Crippen LogP contribution in [0.2, 0.25) is 0 Å². The number of sulfonamides is 1. The van der Waals surface area contributed by atoms with E-state index in [1.165, 1.54) is 22.2 Å². The highest BCUT2D eigenvalue weighted by molar-refractivity contribution is 7.89. The molecule has 0 spiro atoms. The third-order valence-electron chi connectivity index (χ3n) is 6.19. The van der Waals surface area contributed by atoms with Crippen molar-refractivity contribution in [2.24, 2.45) is 5.92 Å². The SMILES string of the molecule is COC(=O)c1cn(C(=O)[C@@H]2CCCN(S(=O)(=O)CCCc3ccccc3)C2)c2ccccc12. The Kier molecular flexibility index (Phi) is 6.95. The Bertz CT molecular complexity index is 1250. The van der Waals surface area contributed by atoms with E-state index in [-0.39, 0.29) is 18.2 Å². The van der Waals surface area contributed by atoms with Crippen LogP contribution in [0.1, 0.15) is 40.0 Å². The monoisotopic (exact) mass is 468 g/mol. The van der Waals surface area contributed by atoms with Gasteiger partial charge in [-0.3, -0.25) is 9.36 Å². The standard InChI is InChI=1S/C25H28N2O5S/c1-32-25(29)22-18-27(23-14-6-5-13-21(22)23)24(28)20-12-7-15-26(17-20)33(30,31)16-8-11-19-9-3-2-4-10-19/h2-6,9-10,13-14,18,20H,7-8,11-12,15-17H2,1H3/t20-/m1/s1. The van der Waals surface area contributed by atoms with Crippen LogP contribution in [-0.4, -0.2) is 55.1 Å². The quantitative estimate of drug-likeness (QED) is 0.493. The first-order chi connectivity index (χ1) is 15.9. The van der Waals surface area contributed by atoms with Crippen LogP contribution in [0.5, 0.6) is 0 Å². The molecule has 0 bridgehead atoms. The summed E-state index contributed by atoms with van der Waals surface area (Å²) in [6.45, 7) is 0.587. The van der Waals surface area contributed by atoms with Gasteiger partial charge in [-0.05, 0) is 37.3 Å². The van der Waals surface area contributed by atoms with Crippen molar-refractivity contribution < 1.29 is 22.7 Å². The van der Waals surface area contributed by atoms with Crippen LogP contribution in [-0.2, 0) is 21.2 Å². The van der Waals surface area contributed by atoms with Gasteiger partial charge in [-0.1, -0.05) is 48.5 Å². The average Bonchev–Trinajstić information content (AvgIpc) is 3.23. The van der Waals surface area contributed by atoms with E-state index in [0.29, 0.717) is 48.7 Å². The molecule has 1 saturated heterocycles. The molecule has 8 heteroatoms. The number of aromatic nitrogens is 1. The molecule has 1 aliphatic rings. The summed E-state index contributed by atoms with van der Waals surface area (Å²) in [5.74, 6) is -1.12. The number of nitrogens with zero attached hydrogens (tertiary/aromatic N) is 2. The molecule has 0 saturated carbocycles. The minimum atomic E-state index is -3.46. The van der Waals surface area contributed by atoms with E-state index in [2.05, 4.69) is 0 Å². The molecule has 0 aliphatic carbocycles. The van der Waals surface area contributed by atoms with Gasteiger partial charge < -0.3 is 4.74 Å². The molecule has 1 aliphatic heterocycles. The zero-order valence-electron chi connectivity index (χ0n) is 18.6. The molecule has 33 heavy (non-hydrogen) atoms. The van der Waals surface area contributed by atoms with Gasteiger partial charge in [0.15, 0.2) is 0 Å². The largest absolute Gasteiger partial charge is 0.465 e. The second-order valence-electron chi connectivity index (χ2n) is 8.36. The minimum Gasteiger partial charge on any atom is -0.465 e. The zero-order chi connectivity index (χ0) is 23.4. The normalized spacial score (nSPS) is 17.2. The number of benzene rings is 2. The summed E-state index contributed by atoms with van der Waals surface area (Å²) in [5.41, 5.74) is 2.05. The van der Waals surface area contributed by atoms with Gasteiger partial charge in [-0.15, -0.1) is 0 Å². The van der Waals surface area contributed by atoms with Crippen molar-refractivity contribution in [3.63, 3.8) is 0 Å². The van der Waals surface area contributed by atoms with Crippen LogP contribution >= 0.6 is 0 Å². The minimum absolute atomic E-state index is 0.0573. The number of aryl methyl sites for hydroxylation is 1. The highest BCUT2D eigenvalue weighted by Gasteiger charge is 2.33. The molecule has 1 aromatic heterocycles. The summed E-state index contributed by atoms with van der Waals surface area (Å²) in [7, 11) is -2.16. The van der Waals surface area contributed by atoms with Gasteiger partial charge in [0.2, 0.25) is 15.9 Å². The molecule has 2 aromatic carbocycles. The summed E-state index contributed by atoms with van der Waals surface area (Å²) in [6.07, 6.45) is 3.96. The lowest BCUT2D eigenvalue weighted by Gasteiger charge is -2.31. The molecule has 0 radical (unpaired) electrons. The third-order valence-corrected chi connectivity index (χ3v) is 8.12. The Balaban J connectivity index is 1.48. The van der Waals surface area contributed by atoms with E-state index in [1.807, 2.05) is 30.3 Å². The van der Waals surface area contributed by atoms with Crippen molar-refractivity contribution in [2.45, 2.75) is 25.7 Å². The summed E-state index contributed by atoms with van der Waals surface area (Å²) in [5, 5.41) is 0.638. The maximum absolute atomic E-state index is 13.4. The lowest BCUT2D eigenvalue weighted by Crippen LogP contribution is -2.44. The van der Waals surface area contributed by atoms with Gasteiger partial charge in [0.25, 0.3) is 0 Å². The fraction of sp³-hybridized carbons (Fsp3) is 0.360. The number of hydrogen-bond donors (Lipinski definition) is 0. The predicted molar refractivity (Wildman–Crippen MR) is 127 cm³/mol. The lowest BCUT2D eigenvalue weighted by atomic mass is 9.98. The number of ether oxygens (including phenoxy) is 1. The number of carbonyl (C=O) groups is 2. The van der Waals surface area contributed by atoms with Crippen molar-refractivity contribution in [3.05, 3.63) is 71.9 Å². The molecule has 7 nitrogen and oxygen atoms in total. The van der Waals surface area contributed by atoms with Gasteiger partial charge in [0.05, 0.1) is 29.9 Å². The first-order valence-corrected chi connectivity index (χ1v) is 12.8. The van der Waals surface area contributed by atoms with Crippen LogP contribution in [0.25, 0.3) is 10.9 Å². The number of rotatable bonds is 7. The van der Waals surface area contributed by atoms with E-state index < -0.39 is 21.9 Å². The van der Waals surface area contributed by atoms with E-state index in [0.717, 1.165) is 5.56 Å². The van der Waals surface area contributed by atoms with E-state index in [4.69, 9.17) is 4.74 Å². The Morgan fingerprint density at radius 1 is 1.06 bits per heavy atom. The molecule has 2 heterocycles. The van der Waals surface area contributed by atoms with Crippen LogP contribution in [0.15, 0.2) is 60.8 Å². The van der Waals surface area contributed by atoms with Gasteiger partial charge in [0.1, 0.15) is 0 Å². The van der Waals surface area contributed by atoms with Crippen molar-refractivity contribution in [3.8, 4) is 0 Å². The molecule has 1 fully saturated rings. The number of fused-ring (bicyclic) bond motifs is 1. The van der Waals surface area contributed by atoms with E-state index in [1.54, 1.807) is 24.3 Å². The molecule has 1 atom stereocenters. The van der Waals surface area contributed by atoms with Crippen LogP contribution < -0.4 is 0 Å². The zero-order valence-corrected chi connectivity index (χ0v) is 19.5. The molecule has 4 rings (SSSR count). The highest BCUT2D eigenvalue weighted by Crippen LogP contribution is 2.27. The van der Waals surface area contributed by atoms with Crippen LogP contribution in [0, 0.1) is 5.92 Å². The van der Waals surface area contributed by atoms with Crippen LogP contribution in [0.4, 0.5) is 0 Å². The van der Waals surface area contributed by atoms with Crippen molar-refractivity contribution in [2.75, 3.05) is 26.0 Å². The second-order valence-corrected chi connectivity index (χ2v) is 10.5. The number of piperidine rings is 1. The van der Waals surface area contributed by atoms with Crippen molar-refractivity contribution in [1.29, 1.82) is 0 Å². The molecule has 0 unspecified atom stereocenters. The Morgan fingerprint density at radius 3 is 2.55 bits per heavy atom. The number of carbonyl (C=O) groups excluding carboxylic acids is 2. The Hall–Kier alpha value is -2.97. The molecule has 0 amide bonds. The van der Waals surface area contributed by atoms with Crippen LogP contribution in [0.3, 0.4) is 0 Å². The fourth-order valence-electron chi connectivity index (χ4n) is 4.46. The molecule has 0 N–H and O–H groups in total. The van der Waals surface area contributed by atoms with E-state index in [9.17, 15) is 18.0 Å². The van der Waals surface area contributed by atoms with Crippen molar-refractivity contribution >= 4 is 32.8 Å². The molecular weight excluding hydrogens is 440 g/mol. The van der Waals surface area contributed by atoms with Crippen molar-refractivity contribution in [1.82, 2.24) is 8.87 Å². The molecular formula is C25H28N2O5S. The van der Waals surface area contributed by atoms with Gasteiger partial charge in [-0.2, -0.15) is 0 Å². The maximum Gasteiger partial charge on any atom is 0.340 e. The third kappa shape index (κ3) is 5.02. The summed E-state index contributed by atoms with van der Waals surface area (Å²) >= 11 is 0. The Morgan fingerprint density at radius 2 is 1.79 bits per heavy atom. The smallest absolute Gasteiger partial charge is 0.340 e. The van der Waals surface area contributed by atoms with E-state index >= 15 is 0 Å². The number of hydrogen-bond acceptors (Lipinski definition) is 5. The summed E-state index contributed by atoms with van der Waals surface area (Å²) < 4.78 is 33.7. The first kappa shape index (κ1) is 23.2. The number of para-hydroxylation sites is 1. The number of esters is 1. The fourth-order valence-corrected chi connectivity index (χ4v) is 6.04. The second kappa shape index (κ2) is 9.89. The molecule has 3 aromatic rings. The summed E-state index contributed by atoms with van der Waals surface area (Å²) in [6, 6.07) is 17.0. The Labute approximate surface area is 194 Å². The predicted octanol–water partition coefficient (Wildman–Crippen LogP) is 3.74. The lowest BCUT2D eigenvalue weighted by molar-refractivity contribution is 0.0603. The first-order valence-electron chi connectivity index (χ1n) is 11.1. The maximum atomic E-state index is 13.4. The van der Waals surface area contributed by atoms with Gasteiger partial charge in [0, 0.05) is 24.7 Å². The topological polar surface area (TPSA) is 85.7 Å². The van der Waals surface area contributed by atoms with Gasteiger partial charge >= 0.3 is 5.97 Å². The van der Waals surface area contributed by atoms with Gasteiger partial charge in [-0.25, -0.2) is 17.5 Å². The molecule has 174 valence electrons. The summed E-state index contributed by atoms with van der Waals surface area (Å²) in [4.78, 5) is 25.6. The number of methoxy groups -OCH3 is 1. The average molecular weight is 469 g/mol. The highest BCUT2D eigenvalue weighted by atomic mass is 32.2.